The van der Waals surface area contributed by atoms with Crippen molar-refractivity contribution >= 4 is 12.0 Å². The molecule has 0 radical (unpaired) electrons. The van der Waals surface area contributed by atoms with Crippen LogP contribution in [0, 0.1) is 11.8 Å². The maximum absolute atomic E-state index is 12.8. The van der Waals surface area contributed by atoms with E-state index in [4.69, 9.17) is 4.84 Å². The van der Waals surface area contributed by atoms with Crippen molar-refractivity contribution in [2.45, 2.75) is 26.8 Å². The normalized spacial score (nSPS) is 22.6. The molecule has 2 aromatic rings. The first kappa shape index (κ1) is 23.4. The van der Waals surface area contributed by atoms with Crippen LogP contribution in [0.4, 0.5) is 4.79 Å². The lowest BCUT2D eigenvalue weighted by atomic mass is 10.0. The SMILES string of the molecule is CC.O=C(ON1Cc2cc(-c3ccccc3)ccc2C1=O)N1CCN(CC2=CC=CC3CC23)CC1. The molecule has 1 saturated carbocycles. The van der Waals surface area contributed by atoms with Gasteiger partial charge in [0.1, 0.15) is 0 Å². The number of fused-ring (bicyclic) bond motifs is 2. The quantitative estimate of drug-likeness (QED) is 0.620. The van der Waals surface area contributed by atoms with Crippen molar-refractivity contribution < 1.29 is 14.4 Å². The van der Waals surface area contributed by atoms with E-state index in [9.17, 15) is 9.59 Å². The molecule has 2 unspecified atom stereocenters. The predicted molar refractivity (Wildman–Crippen MR) is 136 cm³/mol. The van der Waals surface area contributed by atoms with Gasteiger partial charge in [0.15, 0.2) is 0 Å². The van der Waals surface area contributed by atoms with Gasteiger partial charge in [0.2, 0.25) is 0 Å². The van der Waals surface area contributed by atoms with E-state index in [2.05, 4.69) is 23.1 Å². The summed E-state index contributed by atoms with van der Waals surface area (Å²) in [5, 5.41) is 1.19. The van der Waals surface area contributed by atoms with Crippen LogP contribution in [0.3, 0.4) is 0 Å². The van der Waals surface area contributed by atoms with Gasteiger partial charge in [0.05, 0.1) is 6.54 Å². The minimum Gasteiger partial charge on any atom is -0.318 e. The average molecular weight is 472 g/mol. The van der Waals surface area contributed by atoms with Gasteiger partial charge >= 0.3 is 6.09 Å². The summed E-state index contributed by atoms with van der Waals surface area (Å²) in [5.74, 6) is 1.24. The number of allylic oxidation sites excluding steroid dienone is 3. The Labute approximate surface area is 207 Å². The molecule has 182 valence electrons. The third-order valence-electron chi connectivity index (χ3n) is 7.19. The van der Waals surface area contributed by atoms with E-state index in [0.29, 0.717) is 18.7 Å². The van der Waals surface area contributed by atoms with Crippen molar-refractivity contribution in [3.05, 3.63) is 83.5 Å². The third kappa shape index (κ3) is 4.89. The number of benzene rings is 2. The molecule has 0 aromatic heterocycles. The standard InChI is InChI=1S/C27H27N3O3.C2H6/c31-26-24-10-9-20(19-5-2-1-3-6-19)15-23(24)18-30(26)33-27(32)29-13-11-28(12-14-29)17-22-8-4-7-21-16-25(21)22;1-2/h1-10,15,21,25H,11-14,16-18H2;1-2H3. The molecule has 6 nitrogen and oxygen atoms in total. The van der Waals surface area contributed by atoms with Crippen LogP contribution in [0.1, 0.15) is 36.2 Å². The fraction of sp³-hybridized carbons (Fsp3) is 0.379. The Morgan fingerprint density at radius 3 is 2.54 bits per heavy atom. The van der Waals surface area contributed by atoms with Crippen molar-refractivity contribution in [1.29, 1.82) is 0 Å². The number of piperazine rings is 1. The van der Waals surface area contributed by atoms with E-state index in [1.807, 2.05) is 62.4 Å². The molecule has 35 heavy (non-hydrogen) atoms. The molecule has 0 N–H and O–H groups in total. The highest BCUT2D eigenvalue weighted by Gasteiger charge is 2.39. The molecular formula is C29H33N3O3. The molecule has 2 amide bonds. The number of hydroxylamine groups is 2. The molecule has 2 atom stereocenters. The highest BCUT2D eigenvalue weighted by atomic mass is 16.7. The van der Waals surface area contributed by atoms with Crippen molar-refractivity contribution in [2.24, 2.45) is 11.8 Å². The molecule has 6 heteroatoms. The minimum absolute atomic E-state index is 0.257. The van der Waals surface area contributed by atoms with Gasteiger partial charge in [-0.15, -0.1) is 0 Å². The van der Waals surface area contributed by atoms with E-state index >= 15 is 0 Å². The zero-order valence-electron chi connectivity index (χ0n) is 20.5. The minimum atomic E-state index is -0.443. The molecule has 2 fully saturated rings. The van der Waals surface area contributed by atoms with Gasteiger partial charge in [-0.25, -0.2) is 4.79 Å². The van der Waals surface area contributed by atoms with E-state index in [0.717, 1.165) is 48.2 Å². The molecule has 2 aliphatic heterocycles. The zero-order chi connectivity index (χ0) is 24.4. The largest absolute Gasteiger partial charge is 0.434 e. The van der Waals surface area contributed by atoms with E-state index in [-0.39, 0.29) is 12.5 Å². The lowest BCUT2D eigenvalue weighted by Gasteiger charge is -2.35. The molecule has 0 bridgehead atoms. The van der Waals surface area contributed by atoms with Crippen molar-refractivity contribution in [1.82, 2.24) is 14.9 Å². The Hall–Kier alpha value is -3.38. The molecule has 2 aliphatic carbocycles. The molecular weight excluding hydrogens is 438 g/mol. The fourth-order valence-electron chi connectivity index (χ4n) is 5.15. The van der Waals surface area contributed by atoms with Gasteiger partial charge in [-0.1, -0.05) is 74.0 Å². The van der Waals surface area contributed by atoms with Crippen molar-refractivity contribution in [2.75, 3.05) is 32.7 Å². The number of hydrogen-bond acceptors (Lipinski definition) is 4. The highest BCUT2D eigenvalue weighted by Crippen LogP contribution is 2.47. The number of carbonyl (C=O) groups excluding carboxylic acids is 2. The first-order valence-corrected chi connectivity index (χ1v) is 12.7. The van der Waals surface area contributed by atoms with Crippen molar-refractivity contribution in [3.63, 3.8) is 0 Å². The summed E-state index contributed by atoms with van der Waals surface area (Å²) < 4.78 is 0. The van der Waals surface area contributed by atoms with E-state index in [1.165, 1.54) is 17.1 Å². The summed E-state index contributed by atoms with van der Waals surface area (Å²) >= 11 is 0. The predicted octanol–water partition coefficient (Wildman–Crippen LogP) is 5.14. The van der Waals surface area contributed by atoms with Gasteiger partial charge in [-0.2, -0.15) is 5.06 Å². The topological polar surface area (TPSA) is 53.1 Å². The summed E-state index contributed by atoms with van der Waals surface area (Å²) in [6, 6.07) is 15.8. The van der Waals surface area contributed by atoms with Crippen LogP contribution in [-0.2, 0) is 11.4 Å². The second-order valence-corrected chi connectivity index (χ2v) is 9.33. The molecule has 2 heterocycles. The van der Waals surface area contributed by atoms with Gasteiger partial charge in [0.25, 0.3) is 5.91 Å². The van der Waals surface area contributed by atoms with Gasteiger partial charge in [-0.05, 0) is 47.1 Å². The Balaban J connectivity index is 0.00000124. The van der Waals surface area contributed by atoms with Crippen LogP contribution in [0.15, 0.2) is 72.3 Å². The summed E-state index contributed by atoms with van der Waals surface area (Å²) in [6.07, 6.45) is 7.59. The lowest BCUT2D eigenvalue weighted by Crippen LogP contribution is -2.50. The van der Waals surface area contributed by atoms with Crippen LogP contribution in [0.25, 0.3) is 11.1 Å². The zero-order valence-corrected chi connectivity index (χ0v) is 20.5. The number of amides is 2. The summed E-state index contributed by atoms with van der Waals surface area (Å²) in [7, 11) is 0. The lowest BCUT2D eigenvalue weighted by molar-refractivity contribution is -0.0853. The second kappa shape index (κ2) is 10.1. The fourth-order valence-corrected chi connectivity index (χ4v) is 5.15. The van der Waals surface area contributed by atoms with E-state index < -0.39 is 6.09 Å². The van der Waals surface area contributed by atoms with Gasteiger partial charge in [0, 0.05) is 38.3 Å². The highest BCUT2D eigenvalue weighted by molar-refractivity contribution is 5.98. The molecule has 2 aromatic carbocycles. The maximum Gasteiger partial charge on any atom is 0.434 e. The summed E-state index contributed by atoms with van der Waals surface area (Å²) in [4.78, 5) is 35.2. The smallest absolute Gasteiger partial charge is 0.318 e. The van der Waals surface area contributed by atoms with Crippen LogP contribution >= 0.6 is 0 Å². The number of carbonyl (C=O) groups is 2. The average Bonchev–Trinajstić information content (AvgIpc) is 3.65. The first-order chi connectivity index (χ1) is 17.2. The number of nitrogens with zero attached hydrogens (tertiary/aromatic N) is 3. The van der Waals surface area contributed by atoms with Crippen molar-refractivity contribution in [3.8, 4) is 11.1 Å². The maximum atomic E-state index is 12.8. The van der Waals surface area contributed by atoms with Crippen LogP contribution in [0.2, 0.25) is 0 Å². The van der Waals surface area contributed by atoms with Crippen LogP contribution in [-0.4, -0.2) is 59.6 Å². The third-order valence-corrected chi connectivity index (χ3v) is 7.19. The number of hydrogen-bond donors (Lipinski definition) is 0. The molecule has 6 rings (SSSR count). The monoisotopic (exact) mass is 471 g/mol. The van der Waals surface area contributed by atoms with Crippen LogP contribution < -0.4 is 0 Å². The Morgan fingerprint density at radius 1 is 1.00 bits per heavy atom. The van der Waals surface area contributed by atoms with Gasteiger partial charge in [-0.3, -0.25) is 9.69 Å². The van der Waals surface area contributed by atoms with Crippen LogP contribution in [0.5, 0.6) is 0 Å². The first-order valence-electron chi connectivity index (χ1n) is 12.7. The second-order valence-electron chi connectivity index (χ2n) is 9.33. The summed E-state index contributed by atoms with van der Waals surface area (Å²) in [6.45, 7) is 8.14. The molecule has 1 saturated heterocycles. The van der Waals surface area contributed by atoms with Gasteiger partial charge < -0.3 is 9.74 Å². The Bertz CT molecular complexity index is 1150. The Morgan fingerprint density at radius 2 is 1.77 bits per heavy atom. The molecule has 4 aliphatic rings. The number of rotatable bonds is 4. The molecule has 0 spiro atoms. The van der Waals surface area contributed by atoms with E-state index in [1.54, 1.807) is 4.90 Å². The summed E-state index contributed by atoms with van der Waals surface area (Å²) in [5.41, 5.74) is 5.15. The Kier molecular flexibility index (Phi) is 6.73.